The fraction of sp³-hybridized carbons (Fsp3) is 0.556. The Balaban J connectivity index is 2.28. The molecule has 1 aromatic rings. The summed E-state index contributed by atoms with van der Waals surface area (Å²) in [5, 5.41) is 0.0583. The van der Waals surface area contributed by atoms with Crippen molar-refractivity contribution in [3.8, 4) is 0 Å². The van der Waals surface area contributed by atoms with Gasteiger partial charge in [0.25, 0.3) is 0 Å². The SMILES string of the molecule is O=S(=O)(c1cc(Cl)sc1Cl)N1CCC(Cl)CC1. The standard InChI is InChI=1S/C9H10Cl3NO2S2/c10-6-1-3-13(4-2-6)17(14,15)7-5-8(11)16-9(7)12/h5-6H,1-4H2. The fourth-order valence-corrected chi connectivity index (χ4v) is 5.48. The Morgan fingerprint density at radius 3 is 2.35 bits per heavy atom. The first-order valence-electron chi connectivity index (χ1n) is 5.00. The Hall–Kier alpha value is 0.480. The van der Waals surface area contributed by atoms with Crippen molar-refractivity contribution in [2.75, 3.05) is 13.1 Å². The summed E-state index contributed by atoms with van der Waals surface area (Å²) in [5.41, 5.74) is 0. The van der Waals surface area contributed by atoms with Crippen LogP contribution >= 0.6 is 46.1 Å². The number of alkyl halides is 1. The molecule has 1 aliphatic rings. The summed E-state index contributed by atoms with van der Waals surface area (Å²) in [5.74, 6) is 0. The van der Waals surface area contributed by atoms with Crippen LogP contribution in [0.5, 0.6) is 0 Å². The lowest BCUT2D eigenvalue weighted by atomic mass is 10.2. The highest BCUT2D eigenvalue weighted by Crippen LogP contribution is 2.36. The Bertz CT molecular complexity index is 506. The monoisotopic (exact) mass is 333 g/mol. The smallest absolute Gasteiger partial charge is 0.207 e. The summed E-state index contributed by atoms with van der Waals surface area (Å²) < 4.78 is 26.5. The van der Waals surface area contributed by atoms with Crippen LogP contribution in [-0.4, -0.2) is 31.2 Å². The number of piperidine rings is 1. The molecule has 0 spiro atoms. The van der Waals surface area contributed by atoms with Gasteiger partial charge in [-0.05, 0) is 18.9 Å². The molecular formula is C9H10Cl3NO2S2. The molecule has 0 saturated carbocycles. The van der Waals surface area contributed by atoms with E-state index in [1.807, 2.05) is 0 Å². The maximum Gasteiger partial charge on any atom is 0.245 e. The van der Waals surface area contributed by atoms with E-state index in [4.69, 9.17) is 34.8 Å². The first kappa shape index (κ1) is 13.9. The molecule has 0 radical (unpaired) electrons. The second-order valence-electron chi connectivity index (χ2n) is 3.77. The molecule has 1 saturated heterocycles. The lowest BCUT2D eigenvalue weighted by Crippen LogP contribution is -2.38. The maximum atomic E-state index is 12.3. The largest absolute Gasteiger partial charge is 0.245 e. The third-order valence-electron chi connectivity index (χ3n) is 2.63. The maximum absolute atomic E-state index is 12.3. The Labute approximate surface area is 119 Å². The Morgan fingerprint density at radius 1 is 1.29 bits per heavy atom. The van der Waals surface area contributed by atoms with Crippen LogP contribution in [-0.2, 0) is 10.0 Å². The van der Waals surface area contributed by atoms with Crippen LogP contribution in [0.25, 0.3) is 0 Å². The van der Waals surface area contributed by atoms with E-state index in [-0.39, 0.29) is 14.6 Å². The van der Waals surface area contributed by atoms with Crippen LogP contribution in [0.2, 0.25) is 8.67 Å². The van der Waals surface area contributed by atoms with Crippen molar-refractivity contribution in [2.45, 2.75) is 23.1 Å². The molecule has 0 N–H and O–H groups in total. The van der Waals surface area contributed by atoms with E-state index in [9.17, 15) is 8.42 Å². The minimum Gasteiger partial charge on any atom is -0.207 e. The van der Waals surface area contributed by atoms with Crippen molar-refractivity contribution < 1.29 is 8.42 Å². The zero-order valence-corrected chi connectivity index (χ0v) is 12.6. The summed E-state index contributed by atoms with van der Waals surface area (Å²) in [4.78, 5) is 0.0992. The van der Waals surface area contributed by atoms with Crippen molar-refractivity contribution in [2.24, 2.45) is 0 Å². The summed E-state index contributed by atoms with van der Waals surface area (Å²) in [7, 11) is -3.53. The number of halogens is 3. The zero-order valence-electron chi connectivity index (χ0n) is 8.70. The molecule has 1 aliphatic heterocycles. The quantitative estimate of drug-likeness (QED) is 0.777. The third kappa shape index (κ3) is 2.91. The van der Waals surface area contributed by atoms with Gasteiger partial charge in [0.15, 0.2) is 0 Å². The minimum absolute atomic E-state index is 0.0583. The molecule has 0 amide bonds. The summed E-state index contributed by atoms with van der Waals surface area (Å²) in [6.07, 6.45) is 1.33. The molecule has 0 bridgehead atoms. The first-order chi connectivity index (χ1) is 7.91. The molecular weight excluding hydrogens is 325 g/mol. The van der Waals surface area contributed by atoms with Gasteiger partial charge in [0.2, 0.25) is 10.0 Å². The van der Waals surface area contributed by atoms with Gasteiger partial charge < -0.3 is 0 Å². The highest BCUT2D eigenvalue weighted by atomic mass is 35.5. The number of thiophene rings is 1. The predicted molar refractivity (Wildman–Crippen MR) is 72.0 cm³/mol. The Morgan fingerprint density at radius 2 is 1.88 bits per heavy atom. The van der Waals surface area contributed by atoms with Crippen LogP contribution in [0.4, 0.5) is 0 Å². The molecule has 0 aromatic carbocycles. The van der Waals surface area contributed by atoms with Gasteiger partial charge in [-0.2, -0.15) is 4.31 Å². The number of nitrogens with zero attached hydrogens (tertiary/aromatic N) is 1. The number of hydrogen-bond donors (Lipinski definition) is 0. The van der Waals surface area contributed by atoms with Gasteiger partial charge in [-0.15, -0.1) is 22.9 Å². The van der Waals surface area contributed by atoms with Gasteiger partial charge in [0.05, 0.1) is 4.34 Å². The Kier molecular flexibility index (Phi) is 4.28. The van der Waals surface area contributed by atoms with Gasteiger partial charge in [0.1, 0.15) is 9.23 Å². The molecule has 8 heteroatoms. The molecule has 0 atom stereocenters. The summed E-state index contributed by atoms with van der Waals surface area (Å²) >= 11 is 18.6. The third-order valence-corrected chi connectivity index (χ3v) is 6.71. The lowest BCUT2D eigenvalue weighted by Gasteiger charge is -2.28. The average molecular weight is 335 g/mol. The van der Waals surface area contributed by atoms with E-state index in [1.165, 1.54) is 10.4 Å². The molecule has 1 fully saturated rings. The van der Waals surface area contributed by atoms with Crippen LogP contribution in [0.15, 0.2) is 11.0 Å². The van der Waals surface area contributed by atoms with Gasteiger partial charge in [-0.3, -0.25) is 0 Å². The number of sulfonamides is 1. The molecule has 3 nitrogen and oxygen atoms in total. The van der Waals surface area contributed by atoms with Crippen LogP contribution < -0.4 is 0 Å². The summed E-state index contributed by atoms with van der Waals surface area (Å²) in [6.45, 7) is 0.862. The molecule has 0 unspecified atom stereocenters. The van der Waals surface area contributed by atoms with Crippen molar-refractivity contribution in [1.29, 1.82) is 0 Å². The number of rotatable bonds is 2. The highest BCUT2D eigenvalue weighted by molar-refractivity contribution is 7.89. The molecule has 1 aromatic heterocycles. The van der Waals surface area contributed by atoms with Gasteiger partial charge in [0, 0.05) is 18.5 Å². The number of hydrogen-bond acceptors (Lipinski definition) is 3. The van der Waals surface area contributed by atoms with Crippen molar-refractivity contribution in [3.05, 3.63) is 14.7 Å². The van der Waals surface area contributed by atoms with Crippen molar-refractivity contribution in [3.63, 3.8) is 0 Å². The van der Waals surface area contributed by atoms with Crippen LogP contribution in [0.1, 0.15) is 12.8 Å². The topological polar surface area (TPSA) is 37.4 Å². The highest BCUT2D eigenvalue weighted by Gasteiger charge is 2.31. The van der Waals surface area contributed by atoms with Crippen LogP contribution in [0.3, 0.4) is 0 Å². The van der Waals surface area contributed by atoms with E-state index in [0.717, 1.165) is 11.3 Å². The zero-order chi connectivity index (χ0) is 12.6. The van der Waals surface area contributed by atoms with Crippen LogP contribution in [0, 0.1) is 0 Å². The minimum atomic E-state index is -3.53. The normalized spacial score (nSPS) is 19.7. The molecule has 96 valence electrons. The van der Waals surface area contributed by atoms with E-state index in [0.29, 0.717) is 30.3 Å². The first-order valence-corrected chi connectivity index (χ1v) is 8.45. The van der Waals surface area contributed by atoms with Gasteiger partial charge >= 0.3 is 0 Å². The van der Waals surface area contributed by atoms with E-state index in [2.05, 4.69) is 0 Å². The predicted octanol–water partition coefficient (Wildman–Crippen LogP) is 3.45. The molecule has 2 rings (SSSR count). The van der Waals surface area contributed by atoms with Gasteiger partial charge in [-0.25, -0.2) is 8.42 Å². The van der Waals surface area contributed by atoms with Gasteiger partial charge in [-0.1, -0.05) is 23.2 Å². The molecule has 17 heavy (non-hydrogen) atoms. The summed E-state index contributed by atoms with van der Waals surface area (Å²) in [6, 6.07) is 1.40. The lowest BCUT2D eigenvalue weighted by molar-refractivity contribution is 0.350. The second kappa shape index (κ2) is 5.23. The van der Waals surface area contributed by atoms with E-state index >= 15 is 0 Å². The van der Waals surface area contributed by atoms with Crippen molar-refractivity contribution >= 4 is 56.2 Å². The molecule has 2 heterocycles. The fourth-order valence-electron chi connectivity index (χ4n) is 1.70. The van der Waals surface area contributed by atoms with Crippen molar-refractivity contribution in [1.82, 2.24) is 4.31 Å². The average Bonchev–Trinajstić information content (AvgIpc) is 2.59. The second-order valence-corrected chi connectivity index (χ2v) is 8.58. The van der Waals surface area contributed by atoms with E-state index in [1.54, 1.807) is 0 Å². The molecule has 0 aliphatic carbocycles. The van der Waals surface area contributed by atoms with E-state index < -0.39 is 10.0 Å².